The topological polar surface area (TPSA) is 45.2 Å². The second-order valence-corrected chi connectivity index (χ2v) is 7.96. The van der Waals surface area contributed by atoms with Crippen molar-refractivity contribution in [3.05, 3.63) is 65.2 Å². The number of thiazole rings is 1. The Morgan fingerprint density at radius 2 is 1.96 bits per heavy atom. The van der Waals surface area contributed by atoms with Gasteiger partial charge in [0, 0.05) is 38.5 Å². The second kappa shape index (κ2) is 7.98. The van der Waals surface area contributed by atoms with E-state index in [1.807, 2.05) is 24.3 Å². The maximum Gasteiger partial charge on any atom is 0.220 e. The first kappa shape index (κ1) is 17.2. The fourth-order valence-electron chi connectivity index (χ4n) is 3.48. The molecule has 1 atom stereocenters. The molecule has 1 aromatic heterocycles. The van der Waals surface area contributed by atoms with Gasteiger partial charge in [0.25, 0.3) is 0 Å². The van der Waals surface area contributed by atoms with Crippen LogP contribution in [0, 0.1) is 0 Å². The zero-order chi connectivity index (χ0) is 17.8. The van der Waals surface area contributed by atoms with Crippen LogP contribution in [0.2, 0.25) is 0 Å². The number of nitrogens with zero attached hydrogens (tertiary/aromatic N) is 2. The van der Waals surface area contributed by atoms with Gasteiger partial charge >= 0.3 is 0 Å². The summed E-state index contributed by atoms with van der Waals surface area (Å²) < 4.78 is 1.19. The van der Waals surface area contributed by atoms with Crippen LogP contribution in [0.25, 0.3) is 10.2 Å². The Kier molecular flexibility index (Phi) is 5.27. The largest absolute Gasteiger partial charge is 0.352 e. The van der Waals surface area contributed by atoms with Gasteiger partial charge in [-0.25, -0.2) is 4.98 Å². The summed E-state index contributed by atoms with van der Waals surface area (Å²) in [5, 5.41) is 4.24. The van der Waals surface area contributed by atoms with Crippen LogP contribution in [0.3, 0.4) is 0 Å². The molecule has 134 valence electrons. The van der Waals surface area contributed by atoms with Crippen molar-refractivity contribution in [1.82, 2.24) is 15.2 Å². The molecule has 1 aliphatic heterocycles. The van der Waals surface area contributed by atoms with Crippen molar-refractivity contribution in [1.29, 1.82) is 0 Å². The molecule has 5 heteroatoms. The summed E-state index contributed by atoms with van der Waals surface area (Å²) in [6, 6.07) is 18.9. The maximum atomic E-state index is 12.3. The zero-order valence-corrected chi connectivity index (χ0v) is 15.5. The fraction of sp³-hybridized carbons (Fsp3) is 0.333. The van der Waals surface area contributed by atoms with Crippen LogP contribution in [0.5, 0.6) is 0 Å². The average molecular weight is 366 g/mol. The molecule has 1 amide bonds. The van der Waals surface area contributed by atoms with E-state index in [4.69, 9.17) is 0 Å². The lowest BCUT2D eigenvalue weighted by Gasteiger charge is -2.16. The van der Waals surface area contributed by atoms with E-state index in [-0.39, 0.29) is 11.9 Å². The van der Waals surface area contributed by atoms with Crippen LogP contribution in [0.15, 0.2) is 54.6 Å². The summed E-state index contributed by atoms with van der Waals surface area (Å²) in [7, 11) is 0. The van der Waals surface area contributed by atoms with Crippen molar-refractivity contribution in [2.75, 3.05) is 13.1 Å². The molecule has 3 aromatic rings. The molecule has 1 unspecified atom stereocenters. The van der Waals surface area contributed by atoms with Crippen molar-refractivity contribution >= 4 is 27.5 Å². The molecule has 0 aliphatic carbocycles. The first-order chi connectivity index (χ1) is 12.8. The van der Waals surface area contributed by atoms with E-state index in [0.717, 1.165) is 36.6 Å². The highest BCUT2D eigenvalue weighted by Gasteiger charge is 2.23. The van der Waals surface area contributed by atoms with Gasteiger partial charge in [0.05, 0.1) is 15.2 Å². The monoisotopic (exact) mass is 365 g/mol. The maximum absolute atomic E-state index is 12.3. The van der Waals surface area contributed by atoms with Crippen LogP contribution < -0.4 is 5.32 Å². The Balaban J connectivity index is 1.23. The number of para-hydroxylation sites is 1. The quantitative estimate of drug-likeness (QED) is 0.726. The standard InChI is InChI=1S/C21H23N3OS/c25-20(10-11-21-23-18-8-4-5-9-19(18)26-21)22-17-12-13-24(15-17)14-16-6-2-1-3-7-16/h1-9,17H,10-15H2,(H,22,25). The summed E-state index contributed by atoms with van der Waals surface area (Å²) in [5.41, 5.74) is 2.36. The minimum atomic E-state index is 0.135. The first-order valence-electron chi connectivity index (χ1n) is 9.16. The van der Waals surface area contributed by atoms with E-state index in [2.05, 4.69) is 45.5 Å². The lowest BCUT2D eigenvalue weighted by molar-refractivity contribution is -0.121. The predicted octanol–water partition coefficient (Wildman–Crippen LogP) is 3.62. The number of aryl methyl sites for hydroxylation is 1. The molecule has 1 aliphatic rings. The molecule has 1 saturated heterocycles. The summed E-state index contributed by atoms with van der Waals surface area (Å²) in [6.45, 7) is 2.93. The number of hydrogen-bond donors (Lipinski definition) is 1. The van der Waals surface area contributed by atoms with E-state index in [1.54, 1.807) is 11.3 Å². The van der Waals surface area contributed by atoms with Crippen LogP contribution >= 0.6 is 11.3 Å². The van der Waals surface area contributed by atoms with Gasteiger partial charge in [-0.15, -0.1) is 11.3 Å². The Hall–Kier alpha value is -2.24. The fourth-order valence-corrected chi connectivity index (χ4v) is 4.45. The van der Waals surface area contributed by atoms with Crippen molar-refractivity contribution in [2.45, 2.75) is 31.8 Å². The van der Waals surface area contributed by atoms with Gasteiger partial charge in [0.15, 0.2) is 0 Å². The Bertz CT molecular complexity index is 844. The third kappa shape index (κ3) is 4.29. The van der Waals surface area contributed by atoms with Crippen LogP contribution in [-0.2, 0) is 17.8 Å². The lowest BCUT2D eigenvalue weighted by Crippen LogP contribution is -2.37. The molecule has 0 radical (unpaired) electrons. The number of fused-ring (bicyclic) bond motifs is 1. The Labute approximate surface area is 157 Å². The Morgan fingerprint density at radius 1 is 1.15 bits per heavy atom. The number of nitrogens with one attached hydrogen (secondary N) is 1. The highest BCUT2D eigenvalue weighted by Crippen LogP contribution is 2.22. The molecular weight excluding hydrogens is 342 g/mol. The second-order valence-electron chi connectivity index (χ2n) is 6.85. The molecule has 2 aromatic carbocycles. The van der Waals surface area contributed by atoms with Crippen molar-refractivity contribution in [3.63, 3.8) is 0 Å². The summed E-state index contributed by atoms with van der Waals surface area (Å²) in [4.78, 5) is 19.3. The van der Waals surface area contributed by atoms with Gasteiger partial charge in [0.2, 0.25) is 5.91 Å². The first-order valence-corrected chi connectivity index (χ1v) is 9.98. The number of amides is 1. The number of likely N-dealkylation sites (tertiary alicyclic amines) is 1. The van der Waals surface area contributed by atoms with E-state index in [0.29, 0.717) is 12.8 Å². The summed E-state index contributed by atoms with van der Waals surface area (Å²) in [5.74, 6) is 0.135. The van der Waals surface area contributed by atoms with Crippen LogP contribution in [0.4, 0.5) is 0 Å². The van der Waals surface area contributed by atoms with E-state index in [1.165, 1.54) is 10.3 Å². The predicted molar refractivity (Wildman–Crippen MR) is 106 cm³/mol. The highest BCUT2D eigenvalue weighted by atomic mass is 32.1. The van der Waals surface area contributed by atoms with E-state index < -0.39 is 0 Å². The van der Waals surface area contributed by atoms with Gasteiger partial charge in [-0.1, -0.05) is 42.5 Å². The number of rotatable bonds is 6. The molecule has 2 heterocycles. The average Bonchev–Trinajstić information content (AvgIpc) is 3.27. The highest BCUT2D eigenvalue weighted by molar-refractivity contribution is 7.18. The van der Waals surface area contributed by atoms with E-state index >= 15 is 0 Å². The molecule has 1 fully saturated rings. The molecule has 4 rings (SSSR count). The number of benzene rings is 2. The summed E-state index contributed by atoms with van der Waals surface area (Å²) in [6.07, 6.45) is 2.25. The normalized spacial score (nSPS) is 17.6. The third-order valence-corrected chi connectivity index (χ3v) is 5.89. The lowest BCUT2D eigenvalue weighted by atomic mass is 10.2. The summed E-state index contributed by atoms with van der Waals surface area (Å²) >= 11 is 1.68. The van der Waals surface area contributed by atoms with Crippen molar-refractivity contribution in [3.8, 4) is 0 Å². The molecule has 0 saturated carbocycles. The smallest absolute Gasteiger partial charge is 0.220 e. The Morgan fingerprint density at radius 3 is 2.81 bits per heavy atom. The minimum Gasteiger partial charge on any atom is -0.352 e. The molecule has 0 spiro atoms. The van der Waals surface area contributed by atoms with Crippen molar-refractivity contribution in [2.24, 2.45) is 0 Å². The van der Waals surface area contributed by atoms with Crippen LogP contribution in [-0.4, -0.2) is 34.9 Å². The van der Waals surface area contributed by atoms with E-state index in [9.17, 15) is 4.79 Å². The molecule has 0 bridgehead atoms. The minimum absolute atomic E-state index is 0.135. The number of carbonyl (C=O) groups excluding carboxylic acids is 1. The van der Waals surface area contributed by atoms with Gasteiger partial charge in [-0.3, -0.25) is 9.69 Å². The van der Waals surface area contributed by atoms with Gasteiger partial charge in [0.1, 0.15) is 0 Å². The molecule has 1 N–H and O–H groups in total. The third-order valence-electron chi connectivity index (χ3n) is 4.79. The number of carbonyl (C=O) groups is 1. The van der Waals surface area contributed by atoms with Crippen LogP contribution in [0.1, 0.15) is 23.4 Å². The van der Waals surface area contributed by atoms with Gasteiger partial charge < -0.3 is 5.32 Å². The molecule has 4 nitrogen and oxygen atoms in total. The number of hydrogen-bond acceptors (Lipinski definition) is 4. The number of aromatic nitrogens is 1. The van der Waals surface area contributed by atoms with Crippen molar-refractivity contribution < 1.29 is 4.79 Å². The SMILES string of the molecule is O=C(CCc1nc2ccccc2s1)NC1CCN(Cc2ccccc2)C1. The van der Waals surface area contributed by atoms with Gasteiger partial charge in [-0.05, 0) is 24.1 Å². The molecule has 26 heavy (non-hydrogen) atoms. The zero-order valence-electron chi connectivity index (χ0n) is 14.7. The molecular formula is C21H23N3OS. The van der Waals surface area contributed by atoms with Gasteiger partial charge in [-0.2, -0.15) is 0 Å².